The summed E-state index contributed by atoms with van der Waals surface area (Å²) in [5.74, 6) is -0.226. The molecule has 0 bridgehead atoms. The Bertz CT molecular complexity index is 203. The van der Waals surface area contributed by atoms with Crippen molar-refractivity contribution in [2.75, 3.05) is 33.9 Å². The normalized spacial score (nSPS) is 16.6. The molecule has 0 spiro atoms. The minimum absolute atomic E-state index is 0.156. The summed E-state index contributed by atoms with van der Waals surface area (Å²) in [4.78, 5) is 21.2. The molecule has 1 aliphatic heterocycles. The molecule has 6 nitrogen and oxygen atoms in total. The van der Waals surface area contributed by atoms with Gasteiger partial charge >= 0.3 is 5.97 Å². The minimum atomic E-state index is -0.226. The first-order valence-corrected chi connectivity index (χ1v) is 5.95. The van der Waals surface area contributed by atoms with Crippen molar-refractivity contribution in [1.82, 2.24) is 4.90 Å². The van der Waals surface area contributed by atoms with Gasteiger partial charge in [0.15, 0.2) is 0 Å². The molecule has 1 fully saturated rings. The SMILES string of the molecule is CC(=O)OCC1CCCO1.CCO.CN(C)C=O. The standard InChI is InChI=1S/C7H12O3.C3H7NO.C2H6O/c1-6(8)10-5-7-3-2-4-9-7;1-4(2)3-5;1-2-3/h7H,2-5H2,1H3;3H,1-2H3;3H,2H2,1H3. The number of hydrogen-bond acceptors (Lipinski definition) is 5. The van der Waals surface area contributed by atoms with Crippen LogP contribution in [0.15, 0.2) is 0 Å². The van der Waals surface area contributed by atoms with Crippen molar-refractivity contribution in [3.63, 3.8) is 0 Å². The summed E-state index contributed by atoms with van der Waals surface area (Å²) in [5.41, 5.74) is 0. The van der Waals surface area contributed by atoms with Crippen LogP contribution in [0.25, 0.3) is 0 Å². The summed E-state index contributed by atoms with van der Waals surface area (Å²) in [7, 11) is 3.38. The molecule has 0 aromatic carbocycles. The molecular formula is C12H25NO5. The van der Waals surface area contributed by atoms with E-state index in [-0.39, 0.29) is 18.7 Å². The van der Waals surface area contributed by atoms with E-state index < -0.39 is 0 Å². The zero-order chi connectivity index (χ0) is 14.4. The van der Waals surface area contributed by atoms with Gasteiger partial charge in [-0.2, -0.15) is 0 Å². The number of ether oxygens (including phenoxy) is 2. The van der Waals surface area contributed by atoms with Gasteiger partial charge in [0.1, 0.15) is 6.61 Å². The van der Waals surface area contributed by atoms with Crippen LogP contribution < -0.4 is 0 Å². The predicted octanol–water partition coefficient (Wildman–Crippen LogP) is 0.431. The predicted molar refractivity (Wildman–Crippen MR) is 68.1 cm³/mol. The first kappa shape index (κ1) is 19.2. The number of nitrogens with zero attached hydrogens (tertiary/aromatic N) is 1. The van der Waals surface area contributed by atoms with E-state index in [4.69, 9.17) is 14.6 Å². The van der Waals surface area contributed by atoms with E-state index in [1.165, 1.54) is 11.8 Å². The third-order valence-corrected chi connectivity index (χ3v) is 1.71. The molecule has 0 saturated carbocycles. The molecule has 6 heteroatoms. The molecule has 18 heavy (non-hydrogen) atoms. The number of rotatable bonds is 3. The van der Waals surface area contributed by atoms with E-state index in [1.54, 1.807) is 21.0 Å². The average molecular weight is 263 g/mol. The Kier molecular flexibility index (Phi) is 14.9. The topological polar surface area (TPSA) is 76.1 Å². The lowest BCUT2D eigenvalue weighted by molar-refractivity contribution is -0.144. The maximum absolute atomic E-state index is 10.3. The third kappa shape index (κ3) is 17.3. The second-order valence-electron chi connectivity index (χ2n) is 3.82. The van der Waals surface area contributed by atoms with Crippen molar-refractivity contribution >= 4 is 12.4 Å². The molecule has 0 aliphatic carbocycles. The summed E-state index contributed by atoms with van der Waals surface area (Å²) in [6.07, 6.45) is 3.02. The van der Waals surface area contributed by atoms with Gasteiger partial charge < -0.3 is 19.5 Å². The maximum atomic E-state index is 10.3. The zero-order valence-corrected chi connectivity index (χ0v) is 11.7. The molecule has 1 rings (SSSR count). The lowest BCUT2D eigenvalue weighted by Crippen LogP contribution is -2.15. The number of esters is 1. The van der Waals surface area contributed by atoms with Crippen LogP contribution in [0.1, 0.15) is 26.7 Å². The van der Waals surface area contributed by atoms with Gasteiger partial charge in [0.2, 0.25) is 6.41 Å². The van der Waals surface area contributed by atoms with Gasteiger partial charge in [-0.1, -0.05) is 0 Å². The Balaban J connectivity index is 0. The largest absolute Gasteiger partial charge is 0.463 e. The summed E-state index contributed by atoms with van der Waals surface area (Å²) in [6, 6.07) is 0. The molecule has 0 aromatic rings. The van der Waals surface area contributed by atoms with Crippen LogP contribution in [-0.4, -0.2) is 62.4 Å². The van der Waals surface area contributed by atoms with Crippen LogP contribution in [0.5, 0.6) is 0 Å². The molecule has 1 N–H and O–H groups in total. The fourth-order valence-corrected chi connectivity index (χ4v) is 0.986. The van der Waals surface area contributed by atoms with Crippen LogP contribution in [0.2, 0.25) is 0 Å². The van der Waals surface area contributed by atoms with Gasteiger partial charge in [-0.3, -0.25) is 9.59 Å². The first-order valence-electron chi connectivity index (χ1n) is 5.95. The van der Waals surface area contributed by atoms with Gasteiger partial charge in [-0.15, -0.1) is 0 Å². The lowest BCUT2D eigenvalue weighted by Gasteiger charge is -2.07. The highest BCUT2D eigenvalue weighted by atomic mass is 16.6. The number of amides is 1. The van der Waals surface area contributed by atoms with E-state index in [0.717, 1.165) is 25.9 Å². The molecule has 1 amide bonds. The number of aliphatic hydroxyl groups excluding tert-OH is 1. The lowest BCUT2D eigenvalue weighted by atomic mass is 10.2. The van der Waals surface area contributed by atoms with Gasteiger partial charge in [0, 0.05) is 34.2 Å². The van der Waals surface area contributed by atoms with Crippen LogP contribution in [0.4, 0.5) is 0 Å². The fraction of sp³-hybridized carbons (Fsp3) is 0.833. The van der Waals surface area contributed by atoms with Gasteiger partial charge in [0.25, 0.3) is 0 Å². The number of hydrogen-bond donors (Lipinski definition) is 1. The molecule has 0 radical (unpaired) electrons. The molecule has 1 unspecified atom stereocenters. The van der Waals surface area contributed by atoms with Crippen molar-refractivity contribution in [2.45, 2.75) is 32.8 Å². The number of aliphatic hydroxyl groups is 1. The number of carbonyl (C=O) groups is 2. The second kappa shape index (κ2) is 13.9. The highest BCUT2D eigenvalue weighted by Gasteiger charge is 2.15. The van der Waals surface area contributed by atoms with Gasteiger partial charge in [-0.05, 0) is 19.8 Å². The maximum Gasteiger partial charge on any atom is 0.302 e. The first-order chi connectivity index (χ1) is 8.47. The van der Waals surface area contributed by atoms with E-state index >= 15 is 0 Å². The molecule has 108 valence electrons. The summed E-state index contributed by atoms with van der Waals surface area (Å²) in [5, 5.41) is 7.57. The van der Waals surface area contributed by atoms with Crippen molar-refractivity contribution < 1.29 is 24.2 Å². The third-order valence-electron chi connectivity index (χ3n) is 1.71. The Morgan fingerprint density at radius 1 is 1.56 bits per heavy atom. The van der Waals surface area contributed by atoms with Crippen molar-refractivity contribution in [3.8, 4) is 0 Å². The Morgan fingerprint density at radius 2 is 2.06 bits per heavy atom. The zero-order valence-electron chi connectivity index (χ0n) is 11.7. The minimum Gasteiger partial charge on any atom is -0.463 e. The Morgan fingerprint density at radius 3 is 2.33 bits per heavy atom. The molecule has 1 saturated heterocycles. The van der Waals surface area contributed by atoms with Crippen molar-refractivity contribution in [2.24, 2.45) is 0 Å². The van der Waals surface area contributed by atoms with Crippen molar-refractivity contribution in [1.29, 1.82) is 0 Å². The fourth-order valence-electron chi connectivity index (χ4n) is 0.986. The van der Waals surface area contributed by atoms with Gasteiger partial charge in [-0.25, -0.2) is 0 Å². The second-order valence-corrected chi connectivity index (χ2v) is 3.82. The Labute approximate surface area is 109 Å². The van der Waals surface area contributed by atoms with Crippen LogP contribution in [0, 0.1) is 0 Å². The van der Waals surface area contributed by atoms with E-state index in [2.05, 4.69) is 0 Å². The highest BCUT2D eigenvalue weighted by molar-refractivity contribution is 5.65. The van der Waals surface area contributed by atoms with Crippen LogP contribution in [0.3, 0.4) is 0 Å². The summed E-state index contributed by atoms with van der Waals surface area (Å²) < 4.78 is 9.99. The monoisotopic (exact) mass is 263 g/mol. The molecule has 0 aromatic heterocycles. The average Bonchev–Trinajstić information content (AvgIpc) is 2.81. The van der Waals surface area contributed by atoms with Crippen molar-refractivity contribution in [3.05, 3.63) is 0 Å². The van der Waals surface area contributed by atoms with Crippen LogP contribution in [-0.2, 0) is 19.1 Å². The summed E-state index contributed by atoms with van der Waals surface area (Å²) in [6.45, 7) is 4.58. The Hall–Kier alpha value is -1.14. The highest BCUT2D eigenvalue weighted by Crippen LogP contribution is 2.11. The van der Waals surface area contributed by atoms with E-state index in [1.807, 2.05) is 0 Å². The molecule has 1 aliphatic rings. The smallest absolute Gasteiger partial charge is 0.302 e. The molecular weight excluding hydrogens is 238 g/mol. The van der Waals surface area contributed by atoms with E-state index in [9.17, 15) is 9.59 Å². The molecule has 1 heterocycles. The quantitative estimate of drug-likeness (QED) is 0.590. The van der Waals surface area contributed by atoms with Crippen LogP contribution >= 0.6 is 0 Å². The van der Waals surface area contributed by atoms with Gasteiger partial charge in [0.05, 0.1) is 6.10 Å². The summed E-state index contributed by atoms with van der Waals surface area (Å²) >= 11 is 0. The molecule has 1 atom stereocenters. The number of carbonyl (C=O) groups excluding carboxylic acids is 2. The van der Waals surface area contributed by atoms with E-state index in [0.29, 0.717) is 6.61 Å².